The largest absolute Gasteiger partial charge is 0.382 e. The summed E-state index contributed by atoms with van der Waals surface area (Å²) in [5, 5.41) is 12.4. The molecule has 4 heteroatoms. The van der Waals surface area contributed by atoms with Crippen molar-refractivity contribution in [3.8, 4) is 17.3 Å². The zero-order chi connectivity index (χ0) is 14.9. The molecule has 0 saturated heterocycles. The first-order valence-corrected chi connectivity index (χ1v) is 7.13. The average Bonchev–Trinajstić information content (AvgIpc) is 2.55. The minimum atomic E-state index is 0.561. The number of ether oxygens (including phenoxy) is 1. The van der Waals surface area contributed by atoms with Crippen molar-refractivity contribution in [2.24, 2.45) is 0 Å². The van der Waals surface area contributed by atoms with Crippen molar-refractivity contribution in [2.75, 3.05) is 25.1 Å². The summed E-state index contributed by atoms with van der Waals surface area (Å²) in [4.78, 5) is 4.56. The van der Waals surface area contributed by atoms with E-state index in [1.165, 1.54) is 0 Å². The maximum Gasteiger partial charge on any atom is 0.144 e. The van der Waals surface area contributed by atoms with Gasteiger partial charge in [-0.3, -0.25) is 0 Å². The average molecular weight is 281 g/mol. The second-order valence-corrected chi connectivity index (χ2v) is 4.55. The minimum absolute atomic E-state index is 0.561. The van der Waals surface area contributed by atoms with Crippen LogP contribution in [0.5, 0.6) is 0 Å². The van der Waals surface area contributed by atoms with Gasteiger partial charge in [-0.2, -0.15) is 5.26 Å². The predicted octanol–water partition coefficient (Wildman–Crippen LogP) is 3.46. The Morgan fingerprint density at radius 2 is 2.00 bits per heavy atom. The van der Waals surface area contributed by atoms with E-state index in [1.807, 2.05) is 43.3 Å². The van der Waals surface area contributed by atoms with E-state index in [2.05, 4.69) is 16.4 Å². The van der Waals surface area contributed by atoms with Gasteiger partial charge < -0.3 is 10.1 Å². The Morgan fingerprint density at radius 3 is 2.71 bits per heavy atom. The fourth-order valence-electron chi connectivity index (χ4n) is 1.98. The van der Waals surface area contributed by atoms with E-state index >= 15 is 0 Å². The molecule has 1 N–H and O–H groups in total. The molecule has 2 rings (SSSR count). The van der Waals surface area contributed by atoms with Crippen LogP contribution in [0.2, 0.25) is 0 Å². The van der Waals surface area contributed by atoms with Gasteiger partial charge in [0.2, 0.25) is 0 Å². The van der Waals surface area contributed by atoms with Gasteiger partial charge in [-0.25, -0.2) is 4.98 Å². The second kappa shape index (κ2) is 8.03. The molecule has 0 bridgehead atoms. The van der Waals surface area contributed by atoms with Gasteiger partial charge in [0.05, 0.1) is 11.3 Å². The van der Waals surface area contributed by atoms with Crippen LogP contribution < -0.4 is 5.32 Å². The number of nitrogens with one attached hydrogen (secondary N) is 1. The van der Waals surface area contributed by atoms with Crippen LogP contribution in [-0.2, 0) is 4.74 Å². The lowest BCUT2D eigenvalue weighted by molar-refractivity contribution is 0.147. The normalized spacial score (nSPS) is 10.1. The Hall–Kier alpha value is -2.38. The third-order valence-corrected chi connectivity index (χ3v) is 3.05. The van der Waals surface area contributed by atoms with Crippen molar-refractivity contribution in [1.29, 1.82) is 5.26 Å². The Labute approximate surface area is 125 Å². The molecule has 4 nitrogen and oxygen atoms in total. The van der Waals surface area contributed by atoms with Crippen LogP contribution in [0, 0.1) is 11.3 Å². The molecule has 0 aliphatic carbocycles. The number of nitrogens with zero attached hydrogens (tertiary/aromatic N) is 2. The van der Waals surface area contributed by atoms with Gasteiger partial charge in [-0.15, -0.1) is 0 Å². The van der Waals surface area contributed by atoms with E-state index in [0.717, 1.165) is 30.8 Å². The first kappa shape index (κ1) is 15.0. The number of rotatable bonds is 7. The van der Waals surface area contributed by atoms with Crippen molar-refractivity contribution in [3.05, 3.63) is 48.0 Å². The number of nitriles is 1. The Kier molecular flexibility index (Phi) is 5.74. The number of pyridine rings is 1. The van der Waals surface area contributed by atoms with Crippen LogP contribution in [0.15, 0.2) is 42.5 Å². The lowest BCUT2D eigenvalue weighted by Crippen LogP contribution is -2.08. The summed E-state index contributed by atoms with van der Waals surface area (Å²) < 4.78 is 5.30. The monoisotopic (exact) mass is 281 g/mol. The molecule has 0 unspecified atom stereocenters. The fourth-order valence-corrected chi connectivity index (χ4v) is 1.98. The maximum absolute atomic E-state index is 9.17. The summed E-state index contributed by atoms with van der Waals surface area (Å²) in [6.45, 7) is 4.15. The number of hydrogen-bond acceptors (Lipinski definition) is 4. The highest BCUT2D eigenvalue weighted by atomic mass is 16.5. The van der Waals surface area contributed by atoms with Crippen molar-refractivity contribution < 1.29 is 4.74 Å². The van der Waals surface area contributed by atoms with E-state index in [-0.39, 0.29) is 0 Å². The first-order valence-electron chi connectivity index (χ1n) is 7.13. The van der Waals surface area contributed by atoms with Crippen LogP contribution in [0.3, 0.4) is 0 Å². The molecule has 1 aromatic heterocycles. The highest BCUT2D eigenvalue weighted by Gasteiger charge is 2.06. The predicted molar refractivity (Wildman–Crippen MR) is 84.0 cm³/mol. The molecule has 0 amide bonds. The molecule has 0 spiro atoms. The molecular formula is C17H19N3O. The standard InChI is InChI=1S/C17H19N3O/c1-2-21-12-6-11-19-17-15(13-18)9-10-16(20-17)14-7-4-3-5-8-14/h3-5,7-10H,2,6,11-12H2,1H3,(H,19,20). The van der Waals surface area contributed by atoms with Crippen LogP contribution in [0.1, 0.15) is 18.9 Å². The molecule has 0 radical (unpaired) electrons. The van der Waals surface area contributed by atoms with E-state index in [1.54, 1.807) is 6.07 Å². The number of hydrogen-bond donors (Lipinski definition) is 1. The molecule has 0 atom stereocenters. The highest BCUT2D eigenvalue weighted by molar-refractivity contribution is 5.64. The first-order chi connectivity index (χ1) is 10.3. The SMILES string of the molecule is CCOCCCNc1nc(-c2ccccc2)ccc1C#N. The second-order valence-electron chi connectivity index (χ2n) is 4.55. The van der Waals surface area contributed by atoms with Crippen molar-refractivity contribution in [2.45, 2.75) is 13.3 Å². The summed E-state index contributed by atoms with van der Waals surface area (Å²) in [6.07, 6.45) is 0.885. The zero-order valence-electron chi connectivity index (χ0n) is 12.2. The molecule has 21 heavy (non-hydrogen) atoms. The smallest absolute Gasteiger partial charge is 0.144 e. The molecule has 1 aromatic carbocycles. The van der Waals surface area contributed by atoms with Gasteiger partial charge in [0.25, 0.3) is 0 Å². The number of benzene rings is 1. The van der Waals surface area contributed by atoms with Gasteiger partial charge in [0, 0.05) is 25.3 Å². The molecule has 0 aliphatic rings. The maximum atomic E-state index is 9.17. The number of aromatic nitrogens is 1. The quantitative estimate of drug-likeness (QED) is 0.790. The molecule has 108 valence electrons. The van der Waals surface area contributed by atoms with E-state index in [0.29, 0.717) is 18.0 Å². The van der Waals surface area contributed by atoms with Crippen LogP contribution in [0.25, 0.3) is 11.3 Å². The van der Waals surface area contributed by atoms with Crippen molar-refractivity contribution in [3.63, 3.8) is 0 Å². The third-order valence-electron chi connectivity index (χ3n) is 3.05. The van der Waals surface area contributed by atoms with Crippen molar-refractivity contribution >= 4 is 5.82 Å². The van der Waals surface area contributed by atoms with Crippen LogP contribution in [-0.4, -0.2) is 24.7 Å². The Morgan fingerprint density at radius 1 is 1.19 bits per heavy atom. The summed E-state index contributed by atoms with van der Waals surface area (Å²) in [7, 11) is 0. The van der Waals surface area contributed by atoms with E-state index in [4.69, 9.17) is 10.00 Å². The van der Waals surface area contributed by atoms with Crippen LogP contribution >= 0.6 is 0 Å². The highest BCUT2D eigenvalue weighted by Crippen LogP contribution is 2.21. The molecular weight excluding hydrogens is 262 g/mol. The van der Waals surface area contributed by atoms with Gasteiger partial charge in [0.1, 0.15) is 11.9 Å². The van der Waals surface area contributed by atoms with Gasteiger partial charge in [-0.1, -0.05) is 30.3 Å². The van der Waals surface area contributed by atoms with E-state index < -0.39 is 0 Å². The summed E-state index contributed by atoms with van der Waals surface area (Å²) in [5.41, 5.74) is 2.47. The Bertz CT molecular complexity index is 605. The zero-order valence-corrected chi connectivity index (χ0v) is 12.2. The Balaban J connectivity index is 2.10. The van der Waals surface area contributed by atoms with Crippen LogP contribution in [0.4, 0.5) is 5.82 Å². The fraction of sp³-hybridized carbons (Fsp3) is 0.294. The van der Waals surface area contributed by atoms with Crippen molar-refractivity contribution in [1.82, 2.24) is 4.98 Å². The molecule has 0 saturated carbocycles. The minimum Gasteiger partial charge on any atom is -0.382 e. The van der Waals surface area contributed by atoms with E-state index in [9.17, 15) is 0 Å². The topological polar surface area (TPSA) is 57.9 Å². The molecule has 1 heterocycles. The lowest BCUT2D eigenvalue weighted by atomic mass is 10.1. The van der Waals surface area contributed by atoms with Gasteiger partial charge in [-0.05, 0) is 25.5 Å². The molecule has 2 aromatic rings. The summed E-state index contributed by atoms with van der Waals surface area (Å²) in [5.74, 6) is 0.635. The number of anilines is 1. The third kappa shape index (κ3) is 4.30. The van der Waals surface area contributed by atoms with Gasteiger partial charge in [0.15, 0.2) is 0 Å². The molecule has 0 fully saturated rings. The summed E-state index contributed by atoms with van der Waals surface area (Å²) in [6, 6.07) is 15.8. The lowest BCUT2D eigenvalue weighted by Gasteiger charge is -2.09. The summed E-state index contributed by atoms with van der Waals surface area (Å²) >= 11 is 0. The van der Waals surface area contributed by atoms with Gasteiger partial charge >= 0.3 is 0 Å². The molecule has 0 aliphatic heterocycles.